The fraction of sp³-hybridized carbons (Fsp3) is 0.500. The number of phenolic OH excluding ortho intramolecular Hbond substituents is 1. The number of aromatic hydroxyl groups is 1. The molecule has 1 aliphatic carbocycles. The lowest BCUT2D eigenvalue weighted by Crippen LogP contribution is -2.38. The van der Waals surface area contributed by atoms with Crippen LogP contribution in [0.4, 0.5) is 0 Å². The summed E-state index contributed by atoms with van der Waals surface area (Å²) in [4.78, 5) is 17.0. The van der Waals surface area contributed by atoms with Gasteiger partial charge in [-0.05, 0) is 31.0 Å². The van der Waals surface area contributed by atoms with E-state index in [1.807, 2.05) is 0 Å². The molecular formula is C16H18N2O4. The summed E-state index contributed by atoms with van der Waals surface area (Å²) in [5.41, 5.74) is 0.504. The Morgan fingerprint density at radius 2 is 1.95 bits per heavy atom. The smallest absolute Gasteiger partial charge is 0.261 e. The van der Waals surface area contributed by atoms with Crippen molar-refractivity contribution in [2.24, 2.45) is 0 Å². The van der Waals surface area contributed by atoms with Gasteiger partial charge in [0.25, 0.3) is 5.56 Å². The standard InChI is InChI=1S/C16H18N2O4/c19-12-1-2-14-13(9-12)15(20)18(10-17-14)11-3-5-16(6-4-11)21-7-8-22-16/h1-2,9-11,19H,3-8H2. The highest BCUT2D eigenvalue weighted by molar-refractivity contribution is 5.78. The Labute approximate surface area is 127 Å². The van der Waals surface area contributed by atoms with Crippen LogP contribution in [0.15, 0.2) is 29.3 Å². The summed E-state index contributed by atoms with van der Waals surface area (Å²) in [6.07, 6.45) is 4.85. The van der Waals surface area contributed by atoms with Crippen LogP contribution in [0.3, 0.4) is 0 Å². The number of aromatic nitrogens is 2. The van der Waals surface area contributed by atoms with Crippen LogP contribution in [0.1, 0.15) is 31.7 Å². The predicted molar refractivity (Wildman–Crippen MR) is 79.8 cm³/mol. The monoisotopic (exact) mass is 302 g/mol. The second-order valence-electron chi connectivity index (χ2n) is 6.00. The summed E-state index contributed by atoms with van der Waals surface area (Å²) in [5.74, 6) is -0.345. The van der Waals surface area contributed by atoms with E-state index in [-0.39, 0.29) is 17.4 Å². The quantitative estimate of drug-likeness (QED) is 0.871. The Bertz CT molecular complexity index is 754. The summed E-state index contributed by atoms with van der Waals surface area (Å²) >= 11 is 0. The van der Waals surface area contributed by atoms with Crippen molar-refractivity contribution in [2.75, 3.05) is 13.2 Å². The molecule has 0 radical (unpaired) electrons. The highest BCUT2D eigenvalue weighted by atomic mass is 16.7. The van der Waals surface area contributed by atoms with Crippen molar-refractivity contribution in [3.63, 3.8) is 0 Å². The number of fused-ring (bicyclic) bond motifs is 1. The van der Waals surface area contributed by atoms with Crippen LogP contribution in [0.5, 0.6) is 5.75 Å². The van der Waals surface area contributed by atoms with Crippen LogP contribution in [0.2, 0.25) is 0 Å². The molecule has 6 nitrogen and oxygen atoms in total. The zero-order valence-electron chi connectivity index (χ0n) is 12.2. The Kier molecular flexibility index (Phi) is 3.16. The molecule has 1 spiro atoms. The molecule has 6 heteroatoms. The SMILES string of the molecule is O=c1c2cc(O)ccc2ncn1C1CCC2(CC1)OCCO2. The zero-order chi connectivity index (χ0) is 15.2. The van der Waals surface area contributed by atoms with Crippen molar-refractivity contribution in [1.82, 2.24) is 9.55 Å². The third kappa shape index (κ3) is 2.19. The van der Waals surface area contributed by atoms with E-state index >= 15 is 0 Å². The molecule has 1 saturated carbocycles. The molecule has 1 aromatic carbocycles. The van der Waals surface area contributed by atoms with Gasteiger partial charge in [0, 0.05) is 18.9 Å². The first kappa shape index (κ1) is 13.7. The van der Waals surface area contributed by atoms with Crippen molar-refractivity contribution in [3.05, 3.63) is 34.9 Å². The van der Waals surface area contributed by atoms with Gasteiger partial charge in [0.15, 0.2) is 5.79 Å². The predicted octanol–water partition coefficient (Wildman–Crippen LogP) is 1.96. The van der Waals surface area contributed by atoms with Crippen molar-refractivity contribution in [1.29, 1.82) is 0 Å². The van der Waals surface area contributed by atoms with E-state index in [0.717, 1.165) is 25.7 Å². The molecule has 1 N–H and O–H groups in total. The minimum absolute atomic E-state index is 0.0829. The van der Waals surface area contributed by atoms with Gasteiger partial charge >= 0.3 is 0 Å². The molecule has 22 heavy (non-hydrogen) atoms. The highest BCUT2D eigenvalue weighted by Gasteiger charge is 2.40. The van der Waals surface area contributed by atoms with Gasteiger partial charge in [0.2, 0.25) is 0 Å². The number of hydrogen-bond donors (Lipinski definition) is 1. The van der Waals surface area contributed by atoms with Gasteiger partial charge in [-0.15, -0.1) is 0 Å². The van der Waals surface area contributed by atoms with Gasteiger partial charge < -0.3 is 14.6 Å². The zero-order valence-corrected chi connectivity index (χ0v) is 12.2. The van der Waals surface area contributed by atoms with Crippen LogP contribution in [0.25, 0.3) is 10.9 Å². The van der Waals surface area contributed by atoms with Crippen LogP contribution in [-0.4, -0.2) is 33.7 Å². The summed E-state index contributed by atoms with van der Waals surface area (Å²) in [6, 6.07) is 4.78. The van der Waals surface area contributed by atoms with E-state index in [2.05, 4.69) is 4.98 Å². The summed E-state index contributed by atoms with van der Waals surface area (Å²) in [7, 11) is 0. The van der Waals surface area contributed by atoms with Crippen molar-refractivity contribution >= 4 is 10.9 Å². The molecule has 2 aromatic rings. The van der Waals surface area contributed by atoms with Gasteiger partial charge in [0.1, 0.15) is 5.75 Å². The van der Waals surface area contributed by atoms with Crippen LogP contribution in [-0.2, 0) is 9.47 Å². The van der Waals surface area contributed by atoms with Gasteiger partial charge in [0.05, 0.1) is 30.4 Å². The highest BCUT2D eigenvalue weighted by Crippen LogP contribution is 2.39. The molecule has 2 aliphatic rings. The number of nitrogens with zero attached hydrogens (tertiary/aromatic N) is 2. The summed E-state index contributed by atoms with van der Waals surface area (Å²) in [5, 5.41) is 10.0. The first-order valence-corrected chi connectivity index (χ1v) is 7.65. The molecule has 116 valence electrons. The molecule has 0 unspecified atom stereocenters. The van der Waals surface area contributed by atoms with E-state index in [1.54, 1.807) is 17.0 Å². The maximum absolute atomic E-state index is 12.6. The molecule has 2 fully saturated rings. The number of benzene rings is 1. The molecular weight excluding hydrogens is 284 g/mol. The first-order valence-electron chi connectivity index (χ1n) is 7.65. The van der Waals surface area contributed by atoms with Gasteiger partial charge in [-0.25, -0.2) is 4.98 Å². The third-order valence-electron chi connectivity index (χ3n) is 4.69. The average Bonchev–Trinajstić information content (AvgIpc) is 2.98. The molecule has 0 amide bonds. The van der Waals surface area contributed by atoms with E-state index in [9.17, 15) is 9.90 Å². The molecule has 0 bridgehead atoms. The molecule has 2 heterocycles. The minimum Gasteiger partial charge on any atom is -0.508 e. The van der Waals surface area contributed by atoms with Gasteiger partial charge in [-0.1, -0.05) is 0 Å². The maximum atomic E-state index is 12.6. The fourth-order valence-corrected chi connectivity index (χ4v) is 3.49. The van der Waals surface area contributed by atoms with Gasteiger partial charge in [-0.2, -0.15) is 0 Å². The van der Waals surface area contributed by atoms with Crippen molar-refractivity contribution in [3.8, 4) is 5.75 Å². The average molecular weight is 302 g/mol. The Morgan fingerprint density at radius 1 is 1.23 bits per heavy atom. The van der Waals surface area contributed by atoms with E-state index in [1.165, 1.54) is 12.1 Å². The minimum atomic E-state index is -0.428. The van der Waals surface area contributed by atoms with Crippen molar-refractivity contribution in [2.45, 2.75) is 37.5 Å². The van der Waals surface area contributed by atoms with Crippen molar-refractivity contribution < 1.29 is 14.6 Å². The van der Waals surface area contributed by atoms with Crippen LogP contribution in [0, 0.1) is 0 Å². The third-order valence-corrected chi connectivity index (χ3v) is 4.69. The summed E-state index contributed by atoms with van der Waals surface area (Å²) < 4.78 is 13.1. The number of phenols is 1. The maximum Gasteiger partial charge on any atom is 0.261 e. The Balaban J connectivity index is 1.64. The van der Waals surface area contributed by atoms with E-state index in [0.29, 0.717) is 24.1 Å². The second-order valence-corrected chi connectivity index (χ2v) is 6.00. The number of rotatable bonds is 1. The molecule has 1 saturated heterocycles. The fourth-order valence-electron chi connectivity index (χ4n) is 3.49. The first-order chi connectivity index (χ1) is 10.7. The second kappa shape index (κ2) is 5.07. The van der Waals surface area contributed by atoms with E-state index in [4.69, 9.17) is 9.47 Å². The topological polar surface area (TPSA) is 73.6 Å². The number of ether oxygens (including phenoxy) is 2. The molecule has 1 aromatic heterocycles. The lowest BCUT2D eigenvalue weighted by Gasteiger charge is -2.35. The number of hydrogen-bond acceptors (Lipinski definition) is 5. The lowest BCUT2D eigenvalue weighted by molar-refractivity contribution is -0.181. The lowest BCUT2D eigenvalue weighted by atomic mass is 9.90. The Hall–Kier alpha value is -1.92. The normalized spacial score (nSPS) is 21.6. The summed E-state index contributed by atoms with van der Waals surface area (Å²) in [6.45, 7) is 1.31. The molecule has 4 rings (SSSR count). The van der Waals surface area contributed by atoms with Crippen LogP contribution < -0.4 is 5.56 Å². The van der Waals surface area contributed by atoms with Gasteiger partial charge in [-0.3, -0.25) is 9.36 Å². The molecule has 0 atom stereocenters. The largest absolute Gasteiger partial charge is 0.508 e. The Morgan fingerprint density at radius 3 is 2.68 bits per heavy atom. The van der Waals surface area contributed by atoms with E-state index < -0.39 is 5.79 Å². The van der Waals surface area contributed by atoms with Crippen LogP contribution >= 0.6 is 0 Å². The molecule has 1 aliphatic heterocycles.